The zero-order valence-electron chi connectivity index (χ0n) is 5.08. The van der Waals surface area contributed by atoms with Crippen molar-refractivity contribution in [2.24, 2.45) is 5.73 Å². The Bertz CT molecular complexity index is 179. The van der Waals surface area contributed by atoms with Crippen molar-refractivity contribution in [3.63, 3.8) is 0 Å². The highest BCUT2D eigenvalue weighted by atomic mass is 32.1. The molecule has 0 saturated carbocycles. The Hall–Kier alpha value is -0.600. The van der Waals surface area contributed by atoms with Crippen molar-refractivity contribution < 1.29 is 0 Å². The molecule has 0 spiro atoms. The highest BCUT2D eigenvalue weighted by Gasteiger charge is 1.98. The van der Waals surface area contributed by atoms with Gasteiger partial charge in [0.25, 0.3) is 0 Å². The van der Waals surface area contributed by atoms with Crippen LogP contribution in [0.25, 0.3) is 0 Å². The third-order valence-electron chi connectivity index (χ3n) is 1.18. The lowest BCUT2D eigenvalue weighted by molar-refractivity contribution is 0.921. The van der Waals surface area contributed by atoms with Gasteiger partial charge in [0.1, 0.15) is 0 Å². The maximum atomic E-state index is 5.63. The third kappa shape index (κ3) is 1.40. The second-order valence-corrected chi connectivity index (χ2v) is 2.60. The van der Waals surface area contributed by atoms with Crippen LogP contribution in [-0.4, -0.2) is 0 Å². The maximum absolute atomic E-state index is 5.63. The summed E-state index contributed by atoms with van der Waals surface area (Å²) in [6.45, 7) is 3.60. The predicted molar refractivity (Wildman–Crippen MR) is 41.4 cm³/mol. The van der Waals surface area contributed by atoms with Crippen LogP contribution in [0.4, 0.5) is 0 Å². The monoisotopic (exact) mass is 139 g/mol. The van der Waals surface area contributed by atoms with Crippen LogP contribution < -0.4 is 5.73 Å². The molecule has 0 amide bonds. The molecule has 1 aromatic rings. The van der Waals surface area contributed by atoms with Crippen LogP contribution in [0.5, 0.6) is 0 Å². The average molecular weight is 139 g/mol. The van der Waals surface area contributed by atoms with Crippen LogP contribution in [0, 0.1) is 0 Å². The van der Waals surface area contributed by atoms with Crippen LogP contribution in [0.2, 0.25) is 0 Å². The first-order valence-electron chi connectivity index (χ1n) is 2.75. The van der Waals surface area contributed by atoms with E-state index >= 15 is 0 Å². The molecule has 0 bridgehead atoms. The zero-order valence-corrected chi connectivity index (χ0v) is 5.90. The molecule has 2 N–H and O–H groups in total. The van der Waals surface area contributed by atoms with E-state index in [1.54, 1.807) is 17.4 Å². The van der Waals surface area contributed by atoms with E-state index in [1.165, 1.54) is 0 Å². The number of nitrogens with two attached hydrogens (primary N) is 1. The van der Waals surface area contributed by atoms with Gasteiger partial charge in [0, 0.05) is 6.04 Å². The Labute approximate surface area is 58.8 Å². The van der Waals surface area contributed by atoms with Gasteiger partial charge < -0.3 is 5.73 Å². The Morgan fingerprint density at radius 2 is 2.56 bits per heavy atom. The van der Waals surface area contributed by atoms with Gasteiger partial charge in [-0.3, -0.25) is 0 Å². The molecule has 0 unspecified atom stereocenters. The van der Waals surface area contributed by atoms with Gasteiger partial charge in [0.05, 0.1) is 0 Å². The van der Waals surface area contributed by atoms with Crippen molar-refractivity contribution >= 4 is 11.3 Å². The minimum absolute atomic E-state index is 0.0104. The lowest BCUT2D eigenvalue weighted by Gasteiger charge is -1.99. The zero-order chi connectivity index (χ0) is 6.69. The summed E-state index contributed by atoms with van der Waals surface area (Å²) in [6.07, 6.45) is 1.74. The number of hydrogen-bond donors (Lipinski definition) is 1. The summed E-state index contributed by atoms with van der Waals surface area (Å²) in [4.78, 5) is 0. The molecular formula is C7H9NS. The molecule has 0 saturated heterocycles. The van der Waals surface area contributed by atoms with Crippen LogP contribution in [0.15, 0.2) is 29.5 Å². The summed E-state index contributed by atoms with van der Waals surface area (Å²) in [5.74, 6) is 0. The van der Waals surface area contributed by atoms with Crippen molar-refractivity contribution in [3.05, 3.63) is 35.0 Å². The van der Waals surface area contributed by atoms with E-state index in [2.05, 4.69) is 6.58 Å². The summed E-state index contributed by atoms with van der Waals surface area (Å²) in [7, 11) is 0. The van der Waals surface area contributed by atoms with Crippen LogP contribution in [0.1, 0.15) is 11.6 Å². The van der Waals surface area contributed by atoms with Gasteiger partial charge in [-0.25, -0.2) is 0 Å². The van der Waals surface area contributed by atoms with Gasteiger partial charge in [-0.1, -0.05) is 6.08 Å². The normalized spacial score (nSPS) is 13.0. The van der Waals surface area contributed by atoms with E-state index < -0.39 is 0 Å². The van der Waals surface area contributed by atoms with Crippen molar-refractivity contribution in [2.75, 3.05) is 0 Å². The van der Waals surface area contributed by atoms with E-state index in [0.29, 0.717) is 0 Å². The van der Waals surface area contributed by atoms with Crippen molar-refractivity contribution in [2.45, 2.75) is 6.04 Å². The molecule has 0 aromatic carbocycles. The minimum atomic E-state index is 0.0104. The van der Waals surface area contributed by atoms with Gasteiger partial charge in [-0.15, -0.1) is 6.58 Å². The van der Waals surface area contributed by atoms with Gasteiger partial charge >= 0.3 is 0 Å². The molecule has 0 aliphatic carbocycles. The van der Waals surface area contributed by atoms with E-state index in [1.807, 2.05) is 16.8 Å². The third-order valence-corrected chi connectivity index (χ3v) is 1.88. The topological polar surface area (TPSA) is 26.0 Å². The lowest BCUT2D eigenvalue weighted by atomic mass is 10.2. The Morgan fingerprint density at radius 3 is 3.00 bits per heavy atom. The molecule has 2 heteroatoms. The fraction of sp³-hybridized carbons (Fsp3) is 0.143. The van der Waals surface area contributed by atoms with E-state index in [4.69, 9.17) is 5.73 Å². The smallest absolute Gasteiger partial charge is 0.0486 e. The highest BCUT2D eigenvalue weighted by Crippen LogP contribution is 2.13. The molecule has 0 fully saturated rings. The molecule has 0 radical (unpaired) electrons. The molecule has 1 atom stereocenters. The fourth-order valence-corrected chi connectivity index (χ4v) is 1.31. The van der Waals surface area contributed by atoms with Crippen molar-refractivity contribution in [1.29, 1.82) is 0 Å². The summed E-state index contributed by atoms with van der Waals surface area (Å²) < 4.78 is 0. The van der Waals surface area contributed by atoms with Gasteiger partial charge in [0.2, 0.25) is 0 Å². The Kier molecular flexibility index (Phi) is 2.03. The molecule has 0 aliphatic rings. The number of hydrogen-bond acceptors (Lipinski definition) is 2. The minimum Gasteiger partial charge on any atom is -0.321 e. The standard InChI is InChI=1S/C7H9NS/c1-2-7(8)6-3-4-9-5-6/h2-5,7H,1,8H2/t7-/m1/s1. The molecule has 1 aromatic heterocycles. The highest BCUT2D eigenvalue weighted by molar-refractivity contribution is 7.07. The molecule has 9 heavy (non-hydrogen) atoms. The van der Waals surface area contributed by atoms with Gasteiger partial charge in [0.15, 0.2) is 0 Å². The van der Waals surface area contributed by atoms with E-state index in [0.717, 1.165) is 5.56 Å². The molecule has 1 nitrogen and oxygen atoms in total. The van der Waals surface area contributed by atoms with E-state index in [-0.39, 0.29) is 6.04 Å². The molecule has 48 valence electrons. The SMILES string of the molecule is C=C[C@@H](N)c1ccsc1. The summed E-state index contributed by atoms with van der Waals surface area (Å²) in [5, 5.41) is 4.05. The molecule has 0 aliphatic heterocycles. The first-order chi connectivity index (χ1) is 4.34. The number of rotatable bonds is 2. The van der Waals surface area contributed by atoms with E-state index in [9.17, 15) is 0 Å². The quantitative estimate of drug-likeness (QED) is 0.622. The van der Waals surface area contributed by atoms with Gasteiger partial charge in [-0.2, -0.15) is 11.3 Å². The van der Waals surface area contributed by atoms with Crippen molar-refractivity contribution in [1.82, 2.24) is 0 Å². The maximum Gasteiger partial charge on any atom is 0.0486 e. The van der Waals surface area contributed by atoms with Crippen LogP contribution in [-0.2, 0) is 0 Å². The lowest BCUT2D eigenvalue weighted by Crippen LogP contribution is -2.04. The molecule has 1 rings (SSSR count). The Morgan fingerprint density at radius 1 is 1.78 bits per heavy atom. The molecule has 1 heterocycles. The average Bonchev–Trinajstić information content (AvgIpc) is 2.37. The van der Waals surface area contributed by atoms with Crippen LogP contribution >= 0.6 is 11.3 Å². The first kappa shape index (κ1) is 6.52. The fourth-order valence-electron chi connectivity index (χ4n) is 0.601. The predicted octanol–water partition coefficient (Wildman–Crippen LogP) is 1.93. The van der Waals surface area contributed by atoms with Crippen molar-refractivity contribution in [3.8, 4) is 0 Å². The summed E-state index contributed by atoms with van der Waals surface area (Å²) >= 11 is 1.66. The molecular weight excluding hydrogens is 130 g/mol. The second kappa shape index (κ2) is 2.80. The van der Waals surface area contributed by atoms with Crippen LogP contribution in [0.3, 0.4) is 0 Å². The largest absolute Gasteiger partial charge is 0.321 e. The number of thiophene rings is 1. The van der Waals surface area contributed by atoms with Gasteiger partial charge in [-0.05, 0) is 22.4 Å². The Balaban J connectivity index is 2.76. The summed E-state index contributed by atoms with van der Waals surface area (Å²) in [5.41, 5.74) is 6.78. The second-order valence-electron chi connectivity index (χ2n) is 1.82. The summed E-state index contributed by atoms with van der Waals surface area (Å²) in [6, 6.07) is 2.02. The first-order valence-corrected chi connectivity index (χ1v) is 3.69.